The van der Waals surface area contributed by atoms with E-state index in [0.29, 0.717) is 11.3 Å². The second kappa shape index (κ2) is 6.97. The third kappa shape index (κ3) is 4.09. The van der Waals surface area contributed by atoms with Crippen LogP contribution in [0.5, 0.6) is 0 Å². The van der Waals surface area contributed by atoms with E-state index in [9.17, 15) is 9.59 Å². The molecule has 1 aromatic carbocycles. The molecule has 1 saturated carbocycles. The van der Waals surface area contributed by atoms with Crippen molar-refractivity contribution < 1.29 is 9.59 Å². The number of nitrogens with one attached hydrogen (secondary N) is 2. The SMILES string of the molecule is O=C(NC1CC1)c1cc(NC(=O)C(Cl)Cl)ccc1N1CCCC1. The molecular weight excluding hydrogens is 337 g/mol. The number of benzene rings is 1. The average Bonchev–Trinajstić information content (AvgIpc) is 3.16. The monoisotopic (exact) mass is 355 g/mol. The van der Waals surface area contributed by atoms with Crippen molar-refractivity contribution in [2.45, 2.75) is 36.6 Å². The van der Waals surface area contributed by atoms with E-state index < -0.39 is 10.7 Å². The number of rotatable bonds is 5. The standard InChI is InChI=1S/C16H19Cl2N3O2/c17-14(18)16(23)20-11-5-6-13(21-7-1-2-8-21)12(9-11)15(22)19-10-3-4-10/h5-6,9-10,14H,1-4,7-8H2,(H,19,22)(H,20,23). The zero-order valence-electron chi connectivity index (χ0n) is 12.6. The van der Waals surface area contributed by atoms with E-state index in [1.807, 2.05) is 6.07 Å². The Bertz CT molecular complexity index is 611. The van der Waals surface area contributed by atoms with Gasteiger partial charge in [0.1, 0.15) is 0 Å². The van der Waals surface area contributed by atoms with Crippen molar-refractivity contribution in [3.8, 4) is 0 Å². The van der Waals surface area contributed by atoms with Crippen LogP contribution in [0.2, 0.25) is 0 Å². The Balaban J connectivity index is 1.86. The summed E-state index contributed by atoms with van der Waals surface area (Å²) in [6, 6.07) is 5.62. The third-order valence-electron chi connectivity index (χ3n) is 4.07. The fourth-order valence-corrected chi connectivity index (χ4v) is 2.83. The Morgan fingerprint density at radius 1 is 1.17 bits per heavy atom. The Hall–Kier alpha value is -1.46. The number of alkyl halides is 2. The predicted octanol–water partition coefficient (Wildman–Crippen LogP) is 2.92. The third-order valence-corrected chi connectivity index (χ3v) is 4.46. The lowest BCUT2D eigenvalue weighted by molar-refractivity contribution is -0.114. The summed E-state index contributed by atoms with van der Waals surface area (Å²) in [5.41, 5.74) is 2.01. The van der Waals surface area contributed by atoms with Gasteiger partial charge in [0, 0.05) is 30.5 Å². The number of anilines is 2. The first-order valence-corrected chi connectivity index (χ1v) is 8.71. The fraction of sp³-hybridized carbons (Fsp3) is 0.500. The highest BCUT2D eigenvalue weighted by atomic mass is 35.5. The van der Waals surface area contributed by atoms with Crippen LogP contribution in [0.25, 0.3) is 0 Å². The minimum absolute atomic E-state index is 0.0983. The molecule has 2 fully saturated rings. The molecule has 0 radical (unpaired) electrons. The highest BCUT2D eigenvalue weighted by Gasteiger charge is 2.27. The maximum atomic E-state index is 12.5. The molecule has 0 atom stereocenters. The lowest BCUT2D eigenvalue weighted by Crippen LogP contribution is -2.29. The first-order chi connectivity index (χ1) is 11.0. The van der Waals surface area contributed by atoms with Gasteiger partial charge in [-0.05, 0) is 43.9 Å². The predicted molar refractivity (Wildman–Crippen MR) is 92.5 cm³/mol. The van der Waals surface area contributed by atoms with Gasteiger partial charge < -0.3 is 15.5 Å². The van der Waals surface area contributed by atoms with Crippen LogP contribution in [0.3, 0.4) is 0 Å². The van der Waals surface area contributed by atoms with E-state index in [0.717, 1.165) is 44.5 Å². The molecule has 1 aliphatic heterocycles. The van der Waals surface area contributed by atoms with E-state index in [1.165, 1.54) is 0 Å². The number of carbonyl (C=O) groups is 2. The molecule has 1 saturated heterocycles. The molecule has 7 heteroatoms. The second-order valence-corrected chi connectivity index (χ2v) is 7.06. The summed E-state index contributed by atoms with van der Waals surface area (Å²) in [5.74, 6) is -0.602. The van der Waals surface area contributed by atoms with Gasteiger partial charge in [0.2, 0.25) is 0 Å². The van der Waals surface area contributed by atoms with Gasteiger partial charge in [0.25, 0.3) is 11.8 Å². The van der Waals surface area contributed by atoms with Crippen molar-refractivity contribution in [1.29, 1.82) is 0 Å². The molecule has 124 valence electrons. The van der Waals surface area contributed by atoms with Crippen LogP contribution in [0.15, 0.2) is 18.2 Å². The van der Waals surface area contributed by atoms with Crippen molar-refractivity contribution in [2.24, 2.45) is 0 Å². The Morgan fingerprint density at radius 3 is 2.48 bits per heavy atom. The largest absolute Gasteiger partial charge is 0.371 e. The number of halogens is 2. The summed E-state index contributed by atoms with van der Waals surface area (Å²) in [5, 5.41) is 5.63. The maximum Gasteiger partial charge on any atom is 0.257 e. The van der Waals surface area contributed by atoms with Crippen molar-refractivity contribution in [1.82, 2.24) is 5.32 Å². The van der Waals surface area contributed by atoms with E-state index in [-0.39, 0.29) is 11.9 Å². The summed E-state index contributed by atoms with van der Waals surface area (Å²) >= 11 is 11.1. The van der Waals surface area contributed by atoms with Gasteiger partial charge in [-0.2, -0.15) is 0 Å². The lowest BCUT2D eigenvalue weighted by Gasteiger charge is -2.22. The number of nitrogens with zero attached hydrogens (tertiary/aromatic N) is 1. The molecule has 2 N–H and O–H groups in total. The molecule has 0 unspecified atom stereocenters. The van der Waals surface area contributed by atoms with Gasteiger partial charge >= 0.3 is 0 Å². The molecular formula is C16H19Cl2N3O2. The molecule has 0 bridgehead atoms. The number of hydrogen-bond donors (Lipinski definition) is 2. The molecule has 2 aliphatic rings. The molecule has 0 aromatic heterocycles. The minimum Gasteiger partial charge on any atom is -0.371 e. The summed E-state index contributed by atoms with van der Waals surface area (Å²) in [6.07, 6.45) is 4.31. The normalized spacial score (nSPS) is 17.4. The van der Waals surface area contributed by atoms with E-state index in [1.54, 1.807) is 12.1 Å². The van der Waals surface area contributed by atoms with Gasteiger partial charge in [-0.1, -0.05) is 23.2 Å². The van der Waals surface area contributed by atoms with Crippen LogP contribution in [0.4, 0.5) is 11.4 Å². The highest BCUT2D eigenvalue weighted by Crippen LogP contribution is 2.29. The molecule has 5 nitrogen and oxygen atoms in total. The summed E-state index contributed by atoms with van der Waals surface area (Å²) in [6.45, 7) is 1.89. The number of carbonyl (C=O) groups excluding carboxylic acids is 2. The fourth-order valence-electron chi connectivity index (χ4n) is 2.72. The van der Waals surface area contributed by atoms with Crippen LogP contribution in [-0.4, -0.2) is 35.8 Å². The quantitative estimate of drug-likeness (QED) is 0.798. The van der Waals surface area contributed by atoms with Crippen LogP contribution >= 0.6 is 23.2 Å². The topological polar surface area (TPSA) is 61.4 Å². The Morgan fingerprint density at radius 2 is 1.87 bits per heavy atom. The summed E-state index contributed by atoms with van der Waals surface area (Å²) < 4.78 is 0. The first-order valence-electron chi connectivity index (χ1n) is 7.83. The Kier molecular flexibility index (Phi) is 4.97. The van der Waals surface area contributed by atoms with Gasteiger partial charge in [0.15, 0.2) is 4.84 Å². The average molecular weight is 356 g/mol. The van der Waals surface area contributed by atoms with Crippen LogP contribution in [0, 0.1) is 0 Å². The van der Waals surface area contributed by atoms with E-state index in [4.69, 9.17) is 23.2 Å². The molecule has 0 spiro atoms. The van der Waals surface area contributed by atoms with Gasteiger partial charge in [-0.15, -0.1) is 0 Å². The van der Waals surface area contributed by atoms with Crippen molar-refractivity contribution in [3.05, 3.63) is 23.8 Å². The van der Waals surface area contributed by atoms with Crippen LogP contribution in [0.1, 0.15) is 36.0 Å². The molecule has 2 amide bonds. The van der Waals surface area contributed by atoms with E-state index in [2.05, 4.69) is 15.5 Å². The number of amides is 2. The van der Waals surface area contributed by atoms with E-state index >= 15 is 0 Å². The van der Waals surface area contributed by atoms with Gasteiger partial charge in [-0.3, -0.25) is 9.59 Å². The van der Waals surface area contributed by atoms with Gasteiger partial charge in [-0.25, -0.2) is 0 Å². The van der Waals surface area contributed by atoms with Crippen LogP contribution < -0.4 is 15.5 Å². The molecule has 3 rings (SSSR count). The molecule has 1 aliphatic carbocycles. The lowest BCUT2D eigenvalue weighted by atomic mass is 10.1. The van der Waals surface area contributed by atoms with Crippen molar-refractivity contribution >= 4 is 46.4 Å². The zero-order valence-corrected chi connectivity index (χ0v) is 14.2. The van der Waals surface area contributed by atoms with Gasteiger partial charge in [0.05, 0.1) is 5.56 Å². The highest BCUT2D eigenvalue weighted by molar-refractivity contribution is 6.54. The smallest absolute Gasteiger partial charge is 0.257 e. The molecule has 1 heterocycles. The minimum atomic E-state index is -1.14. The Labute approximate surface area is 145 Å². The maximum absolute atomic E-state index is 12.5. The van der Waals surface area contributed by atoms with Crippen molar-refractivity contribution in [3.63, 3.8) is 0 Å². The summed E-state index contributed by atoms with van der Waals surface area (Å²) in [4.78, 5) is 25.2. The van der Waals surface area contributed by atoms with Crippen molar-refractivity contribution in [2.75, 3.05) is 23.3 Å². The first kappa shape index (κ1) is 16.4. The number of hydrogen-bond acceptors (Lipinski definition) is 3. The molecule has 1 aromatic rings. The zero-order chi connectivity index (χ0) is 16.4. The second-order valence-electron chi connectivity index (χ2n) is 5.96. The van der Waals surface area contributed by atoms with Crippen LogP contribution in [-0.2, 0) is 4.79 Å². The molecule has 23 heavy (non-hydrogen) atoms. The summed E-state index contributed by atoms with van der Waals surface area (Å²) in [7, 11) is 0.